The van der Waals surface area contributed by atoms with Crippen LogP contribution < -0.4 is 9.46 Å². The second kappa shape index (κ2) is 5.68. The zero-order valence-corrected chi connectivity index (χ0v) is 12.0. The average Bonchev–Trinajstić information content (AvgIpc) is 2.41. The van der Waals surface area contributed by atoms with E-state index in [9.17, 15) is 12.8 Å². The van der Waals surface area contributed by atoms with Gasteiger partial charge in [-0.25, -0.2) is 12.8 Å². The SMILES string of the molecule is COc1ccc(Cl)cc1S(=O)(=O)Nc1ccccc1F. The first-order chi connectivity index (χ1) is 9.44. The highest BCUT2D eigenvalue weighted by molar-refractivity contribution is 7.92. The van der Waals surface area contributed by atoms with Gasteiger partial charge in [0.05, 0.1) is 12.8 Å². The van der Waals surface area contributed by atoms with E-state index < -0.39 is 15.8 Å². The van der Waals surface area contributed by atoms with Crippen LogP contribution in [0.2, 0.25) is 5.02 Å². The van der Waals surface area contributed by atoms with Gasteiger partial charge in [-0.2, -0.15) is 0 Å². The Morgan fingerprint density at radius 1 is 1.20 bits per heavy atom. The Morgan fingerprint density at radius 2 is 1.90 bits per heavy atom. The van der Waals surface area contributed by atoms with E-state index in [1.807, 2.05) is 0 Å². The average molecular weight is 316 g/mol. The molecule has 2 aromatic carbocycles. The van der Waals surface area contributed by atoms with Gasteiger partial charge in [0.2, 0.25) is 0 Å². The summed E-state index contributed by atoms with van der Waals surface area (Å²) in [7, 11) is -2.66. The van der Waals surface area contributed by atoms with Crippen LogP contribution in [-0.2, 0) is 10.0 Å². The van der Waals surface area contributed by atoms with E-state index >= 15 is 0 Å². The molecule has 0 amide bonds. The molecule has 0 spiro atoms. The number of para-hydroxylation sites is 1. The summed E-state index contributed by atoms with van der Waals surface area (Å²) in [5, 5.41) is 0.236. The van der Waals surface area contributed by atoms with Crippen molar-refractivity contribution in [1.29, 1.82) is 0 Å². The number of ether oxygens (including phenoxy) is 1. The summed E-state index contributed by atoms with van der Waals surface area (Å²) >= 11 is 5.79. The lowest BCUT2D eigenvalue weighted by molar-refractivity contribution is 0.403. The first-order valence-corrected chi connectivity index (χ1v) is 7.41. The summed E-state index contributed by atoms with van der Waals surface area (Å²) in [6.07, 6.45) is 0. The van der Waals surface area contributed by atoms with Gasteiger partial charge in [0.1, 0.15) is 16.5 Å². The first kappa shape index (κ1) is 14.6. The summed E-state index contributed by atoms with van der Waals surface area (Å²) in [6, 6.07) is 9.64. The van der Waals surface area contributed by atoms with Crippen LogP contribution in [0.5, 0.6) is 5.75 Å². The van der Waals surface area contributed by atoms with Crippen LogP contribution in [0.25, 0.3) is 0 Å². The van der Waals surface area contributed by atoms with E-state index in [1.165, 1.54) is 43.5 Å². The second-order valence-electron chi connectivity index (χ2n) is 3.88. The van der Waals surface area contributed by atoms with Crippen LogP contribution in [0.4, 0.5) is 10.1 Å². The zero-order chi connectivity index (χ0) is 14.8. The molecule has 20 heavy (non-hydrogen) atoms. The number of benzene rings is 2. The minimum Gasteiger partial charge on any atom is -0.495 e. The minimum absolute atomic E-state index is 0.123. The van der Waals surface area contributed by atoms with Gasteiger partial charge in [-0.15, -0.1) is 0 Å². The van der Waals surface area contributed by atoms with E-state index in [4.69, 9.17) is 16.3 Å². The number of methoxy groups -OCH3 is 1. The molecule has 0 radical (unpaired) electrons. The third kappa shape index (κ3) is 3.02. The fourth-order valence-electron chi connectivity index (χ4n) is 1.60. The third-order valence-corrected chi connectivity index (χ3v) is 4.16. The Bertz CT molecular complexity index is 734. The lowest BCUT2D eigenvalue weighted by Gasteiger charge is -2.12. The summed E-state index contributed by atoms with van der Waals surface area (Å²) in [6.45, 7) is 0. The van der Waals surface area contributed by atoms with Gasteiger partial charge in [0, 0.05) is 5.02 Å². The van der Waals surface area contributed by atoms with Gasteiger partial charge in [-0.1, -0.05) is 23.7 Å². The van der Waals surface area contributed by atoms with Gasteiger partial charge in [-0.3, -0.25) is 4.72 Å². The highest BCUT2D eigenvalue weighted by Gasteiger charge is 2.21. The zero-order valence-electron chi connectivity index (χ0n) is 10.4. The Morgan fingerprint density at radius 3 is 2.55 bits per heavy atom. The maximum absolute atomic E-state index is 13.5. The molecular weight excluding hydrogens is 305 g/mol. The second-order valence-corrected chi connectivity index (χ2v) is 5.97. The van der Waals surface area contributed by atoms with E-state index in [0.29, 0.717) is 0 Å². The predicted octanol–water partition coefficient (Wildman–Crippen LogP) is 3.29. The molecule has 0 aliphatic carbocycles. The van der Waals surface area contributed by atoms with Crippen molar-refractivity contribution in [1.82, 2.24) is 0 Å². The summed E-state index contributed by atoms with van der Waals surface area (Å²) in [5.74, 6) is -0.546. The van der Waals surface area contributed by atoms with Crippen molar-refractivity contribution >= 4 is 27.3 Å². The third-order valence-electron chi connectivity index (χ3n) is 2.53. The molecule has 7 heteroatoms. The molecule has 2 aromatic rings. The molecule has 0 saturated carbocycles. The van der Waals surface area contributed by atoms with E-state index in [-0.39, 0.29) is 21.4 Å². The maximum Gasteiger partial charge on any atom is 0.265 e. The van der Waals surface area contributed by atoms with Crippen LogP contribution in [-0.4, -0.2) is 15.5 Å². The molecule has 1 N–H and O–H groups in total. The normalized spacial score (nSPS) is 11.2. The lowest BCUT2D eigenvalue weighted by Crippen LogP contribution is -2.15. The fourth-order valence-corrected chi connectivity index (χ4v) is 3.10. The van der Waals surface area contributed by atoms with Gasteiger partial charge in [0.15, 0.2) is 0 Å². The number of halogens is 2. The van der Waals surface area contributed by atoms with Crippen LogP contribution in [0.3, 0.4) is 0 Å². The van der Waals surface area contributed by atoms with Crippen molar-refractivity contribution in [3.8, 4) is 5.75 Å². The Kier molecular flexibility index (Phi) is 4.15. The molecule has 0 fully saturated rings. The fraction of sp³-hybridized carbons (Fsp3) is 0.0769. The molecule has 0 bridgehead atoms. The number of nitrogens with one attached hydrogen (secondary N) is 1. The molecule has 106 valence electrons. The number of hydrogen-bond acceptors (Lipinski definition) is 3. The van der Waals surface area contributed by atoms with E-state index in [1.54, 1.807) is 0 Å². The minimum atomic E-state index is -4.00. The van der Waals surface area contributed by atoms with Crippen molar-refractivity contribution in [3.63, 3.8) is 0 Å². The number of hydrogen-bond donors (Lipinski definition) is 1. The quantitative estimate of drug-likeness (QED) is 0.942. The van der Waals surface area contributed by atoms with Crippen LogP contribution in [0.1, 0.15) is 0 Å². The number of sulfonamides is 1. The number of anilines is 1. The van der Waals surface area contributed by atoms with Crippen molar-refractivity contribution in [3.05, 3.63) is 53.3 Å². The summed E-state index contributed by atoms with van der Waals surface area (Å²) in [4.78, 5) is -0.157. The van der Waals surface area contributed by atoms with Crippen LogP contribution >= 0.6 is 11.6 Å². The standard InChI is InChI=1S/C13H11ClFNO3S/c1-19-12-7-6-9(14)8-13(12)20(17,18)16-11-5-3-2-4-10(11)15/h2-8,16H,1H3. The molecule has 0 aliphatic rings. The predicted molar refractivity (Wildman–Crippen MR) is 75.2 cm³/mol. The van der Waals surface area contributed by atoms with Gasteiger partial charge in [0.25, 0.3) is 10.0 Å². The Balaban J connectivity index is 2.46. The van der Waals surface area contributed by atoms with Gasteiger partial charge < -0.3 is 4.74 Å². The highest BCUT2D eigenvalue weighted by Crippen LogP contribution is 2.29. The topological polar surface area (TPSA) is 55.4 Å². The van der Waals surface area contributed by atoms with E-state index in [2.05, 4.69) is 4.72 Å². The van der Waals surface area contributed by atoms with Gasteiger partial charge >= 0.3 is 0 Å². The highest BCUT2D eigenvalue weighted by atomic mass is 35.5. The van der Waals surface area contributed by atoms with Crippen molar-refractivity contribution in [2.24, 2.45) is 0 Å². The van der Waals surface area contributed by atoms with Crippen molar-refractivity contribution < 1.29 is 17.5 Å². The maximum atomic E-state index is 13.5. The molecular formula is C13H11ClFNO3S. The van der Waals surface area contributed by atoms with Crippen LogP contribution in [0.15, 0.2) is 47.4 Å². The number of rotatable bonds is 4. The smallest absolute Gasteiger partial charge is 0.265 e. The summed E-state index contributed by atoms with van der Waals surface area (Å²) < 4.78 is 45.2. The molecule has 4 nitrogen and oxygen atoms in total. The Labute approximate surface area is 121 Å². The molecule has 0 unspecified atom stereocenters. The van der Waals surface area contributed by atoms with Gasteiger partial charge in [-0.05, 0) is 30.3 Å². The van der Waals surface area contributed by atoms with Crippen LogP contribution in [0, 0.1) is 5.82 Å². The monoisotopic (exact) mass is 315 g/mol. The first-order valence-electron chi connectivity index (χ1n) is 5.55. The summed E-state index contributed by atoms with van der Waals surface area (Å²) in [5.41, 5.74) is -0.144. The molecule has 2 rings (SSSR count). The molecule has 0 saturated heterocycles. The molecule has 0 aromatic heterocycles. The van der Waals surface area contributed by atoms with Crippen molar-refractivity contribution in [2.75, 3.05) is 11.8 Å². The molecule has 0 atom stereocenters. The Hall–Kier alpha value is -1.79. The largest absolute Gasteiger partial charge is 0.495 e. The van der Waals surface area contributed by atoms with E-state index in [0.717, 1.165) is 6.07 Å². The molecule has 0 heterocycles. The lowest BCUT2D eigenvalue weighted by atomic mass is 10.3. The molecule has 0 aliphatic heterocycles. The van der Waals surface area contributed by atoms with Crippen molar-refractivity contribution in [2.45, 2.75) is 4.90 Å².